The van der Waals surface area contributed by atoms with Crippen molar-refractivity contribution in [3.8, 4) is 0 Å². The van der Waals surface area contributed by atoms with Gasteiger partial charge in [-0.15, -0.1) is 0 Å². The molecule has 2 atom stereocenters. The molecule has 2 aromatic carbocycles. The Bertz CT molecular complexity index is 1080. The highest BCUT2D eigenvalue weighted by Crippen LogP contribution is 2.30. The average molecular weight is 449 g/mol. The molecule has 2 heterocycles. The molecule has 8 heteroatoms. The van der Waals surface area contributed by atoms with Crippen LogP contribution in [0, 0.1) is 0 Å². The van der Waals surface area contributed by atoms with Crippen molar-refractivity contribution < 1.29 is 16.8 Å². The van der Waals surface area contributed by atoms with Crippen molar-refractivity contribution in [1.82, 2.24) is 4.90 Å². The maximum absolute atomic E-state index is 13.4. The smallest absolute Gasteiger partial charge is 0.183 e. The second-order valence-corrected chi connectivity index (χ2v) is 12.4. The summed E-state index contributed by atoms with van der Waals surface area (Å²) in [4.78, 5) is 4.54. The van der Waals surface area contributed by atoms with E-state index in [2.05, 4.69) is 21.9 Å². The van der Waals surface area contributed by atoms with Crippen molar-refractivity contribution >= 4 is 25.4 Å². The number of anilines is 1. The summed E-state index contributed by atoms with van der Waals surface area (Å²) in [6, 6.07) is 16.4. The summed E-state index contributed by atoms with van der Waals surface area (Å²) >= 11 is 0. The standard InChI is InChI=1S/C22H28N2O4S2/c1-2-18-8-10-20(11-9-18)30(27,28)22-17-29(25,26)16-21(22)24-14-12-23(13-15-24)19-6-4-3-5-7-19/h3-11,21-22H,2,12-17H2,1H3/t21-,22-/m0/s1. The van der Waals surface area contributed by atoms with E-state index in [0.29, 0.717) is 13.1 Å². The number of hydrogen-bond donors (Lipinski definition) is 0. The molecule has 0 unspecified atom stereocenters. The highest BCUT2D eigenvalue weighted by atomic mass is 32.2. The summed E-state index contributed by atoms with van der Waals surface area (Å²) in [5.41, 5.74) is 2.19. The number of sulfone groups is 2. The summed E-state index contributed by atoms with van der Waals surface area (Å²) in [7, 11) is -7.13. The van der Waals surface area contributed by atoms with Gasteiger partial charge in [0.25, 0.3) is 0 Å². The van der Waals surface area contributed by atoms with Crippen molar-refractivity contribution in [3.05, 3.63) is 60.2 Å². The van der Waals surface area contributed by atoms with Gasteiger partial charge in [-0.05, 0) is 36.2 Å². The first-order valence-corrected chi connectivity index (χ1v) is 13.7. The van der Waals surface area contributed by atoms with Crippen LogP contribution in [0.2, 0.25) is 0 Å². The normalized spacial score (nSPS) is 24.8. The van der Waals surface area contributed by atoms with Crippen molar-refractivity contribution in [2.24, 2.45) is 0 Å². The second-order valence-electron chi connectivity index (χ2n) is 8.08. The predicted octanol–water partition coefficient (Wildman–Crippen LogP) is 2.01. The van der Waals surface area contributed by atoms with Gasteiger partial charge >= 0.3 is 0 Å². The van der Waals surface area contributed by atoms with E-state index < -0.39 is 31.0 Å². The largest absolute Gasteiger partial charge is 0.369 e. The molecule has 0 radical (unpaired) electrons. The molecule has 30 heavy (non-hydrogen) atoms. The minimum Gasteiger partial charge on any atom is -0.369 e. The number of hydrogen-bond acceptors (Lipinski definition) is 6. The van der Waals surface area contributed by atoms with Gasteiger partial charge in [0.2, 0.25) is 0 Å². The van der Waals surface area contributed by atoms with Gasteiger partial charge in [0, 0.05) is 37.9 Å². The molecular formula is C22H28N2O4S2. The molecule has 0 N–H and O–H groups in total. The van der Waals surface area contributed by atoms with Gasteiger partial charge in [-0.1, -0.05) is 37.3 Å². The first kappa shape index (κ1) is 21.3. The maximum atomic E-state index is 13.4. The van der Waals surface area contributed by atoms with E-state index in [9.17, 15) is 16.8 Å². The van der Waals surface area contributed by atoms with E-state index >= 15 is 0 Å². The van der Waals surface area contributed by atoms with Gasteiger partial charge in [0.1, 0.15) is 0 Å². The Balaban J connectivity index is 1.54. The molecule has 4 rings (SSSR count). The molecule has 0 saturated carbocycles. The fraction of sp³-hybridized carbons (Fsp3) is 0.455. The first-order chi connectivity index (χ1) is 14.3. The van der Waals surface area contributed by atoms with Crippen LogP contribution >= 0.6 is 0 Å². The number of piperazine rings is 1. The lowest BCUT2D eigenvalue weighted by atomic mass is 10.1. The van der Waals surface area contributed by atoms with Gasteiger partial charge < -0.3 is 4.90 Å². The van der Waals surface area contributed by atoms with Crippen molar-refractivity contribution in [2.45, 2.75) is 29.5 Å². The highest BCUT2D eigenvalue weighted by Gasteiger charge is 2.48. The molecule has 2 fully saturated rings. The molecule has 0 aliphatic carbocycles. The van der Waals surface area contributed by atoms with Crippen molar-refractivity contribution in [1.29, 1.82) is 0 Å². The van der Waals surface area contributed by atoms with Crippen molar-refractivity contribution in [3.63, 3.8) is 0 Å². The van der Waals surface area contributed by atoms with Gasteiger partial charge in [0.05, 0.1) is 21.7 Å². The molecule has 0 bridgehead atoms. The lowest BCUT2D eigenvalue weighted by molar-refractivity contribution is 0.201. The Morgan fingerprint density at radius 1 is 0.900 bits per heavy atom. The van der Waals surface area contributed by atoms with Crippen LogP contribution in [-0.2, 0) is 26.1 Å². The van der Waals surface area contributed by atoms with Crippen LogP contribution in [0.4, 0.5) is 5.69 Å². The van der Waals surface area contributed by atoms with Crippen LogP contribution in [0.5, 0.6) is 0 Å². The summed E-state index contributed by atoms with van der Waals surface area (Å²) < 4.78 is 51.6. The Hall–Kier alpha value is -1.90. The molecule has 162 valence electrons. The quantitative estimate of drug-likeness (QED) is 0.697. The fourth-order valence-corrected chi connectivity index (χ4v) is 9.30. The van der Waals surface area contributed by atoms with Crippen LogP contribution in [0.3, 0.4) is 0 Å². The third kappa shape index (κ3) is 4.26. The van der Waals surface area contributed by atoms with E-state index in [1.807, 2.05) is 37.3 Å². The zero-order chi connectivity index (χ0) is 21.4. The molecule has 6 nitrogen and oxygen atoms in total. The Labute approximate surface area is 179 Å². The number of rotatable bonds is 5. The van der Waals surface area contributed by atoms with Gasteiger partial charge in [-0.3, -0.25) is 4.90 Å². The zero-order valence-electron chi connectivity index (χ0n) is 17.1. The number of nitrogens with zero attached hydrogens (tertiary/aromatic N) is 2. The fourth-order valence-electron chi connectivity index (χ4n) is 4.47. The topological polar surface area (TPSA) is 74.8 Å². The van der Waals surface area contributed by atoms with Crippen LogP contribution in [0.25, 0.3) is 0 Å². The summed E-state index contributed by atoms with van der Waals surface area (Å²) in [6.07, 6.45) is 0.826. The molecule has 0 amide bonds. The molecule has 0 aromatic heterocycles. The van der Waals surface area contributed by atoms with E-state index in [1.54, 1.807) is 12.1 Å². The third-order valence-corrected chi connectivity index (χ3v) is 10.4. The number of aryl methyl sites for hydroxylation is 1. The lowest BCUT2D eigenvalue weighted by Crippen LogP contribution is -2.55. The summed E-state index contributed by atoms with van der Waals surface area (Å²) in [6.45, 7) is 4.81. The highest BCUT2D eigenvalue weighted by molar-refractivity contribution is 7.96. The minimum atomic E-state index is -3.73. The van der Waals surface area contributed by atoms with Crippen LogP contribution < -0.4 is 4.90 Å². The molecule has 2 aliphatic heterocycles. The number of para-hydroxylation sites is 1. The Morgan fingerprint density at radius 3 is 2.13 bits per heavy atom. The van der Waals surface area contributed by atoms with Gasteiger partial charge in [-0.25, -0.2) is 16.8 Å². The second kappa shape index (κ2) is 8.32. The first-order valence-electron chi connectivity index (χ1n) is 10.4. The third-order valence-electron chi connectivity index (χ3n) is 6.24. The molecule has 2 aromatic rings. The SMILES string of the molecule is CCc1ccc(S(=O)(=O)[C@H]2CS(=O)(=O)C[C@@H]2N2CCN(c3ccccc3)CC2)cc1. The van der Waals surface area contributed by atoms with Crippen LogP contribution in [0.15, 0.2) is 59.5 Å². The van der Waals surface area contributed by atoms with Crippen molar-refractivity contribution in [2.75, 3.05) is 42.6 Å². The summed E-state index contributed by atoms with van der Waals surface area (Å²) in [5, 5.41) is -0.918. The number of benzene rings is 2. The molecule has 2 saturated heterocycles. The summed E-state index contributed by atoms with van der Waals surface area (Å²) in [5.74, 6) is -0.385. The van der Waals surface area contributed by atoms with Gasteiger partial charge in [0.15, 0.2) is 19.7 Å². The predicted molar refractivity (Wildman–Crippen MR) is 119 cm³/mol. The van der Waals surface area contributed by atoms with E-state index in [0.717, 1.165) is 30.8 Å². The van der Waals surface area contributed by atoms with E-state index in [-0.39, 0.29) is 16.4 Å². The lowest BCUT2D eigenvalue weighted by Gasteiger charge is -2.40. The maximum Gasteiger partial charge on any atom is 0.183 e. The molecular weight excluding hydrogens is 420 g/mol. The Morgan fingerprint density at radius 2 is 1.53 bits per heavy atom. The van der Waals surface area contributed by atoms with E-state index in [1.165, 1.54) is 0 Å². The Kier molecular flexibility index (Phi) is 5.92. The average Bonchev–Trinajstić information content (AvgIpc) is 3.11. The van der Waals surface area contributed by atoms with Gasteiger partial charge in [-0.2, -0.15) is 0 Å². The van der Waals surface area contributed by atoms with E-state index in [4.69, 9.17) is 0 Å². The van der Waals surface area contributed by atoms with Crippen LogP contribution in [-0.4, -0.2) is 70.7 Å². The zero-order valence-corrected chi connectivity index (χ0v) is 18.8. The molecule has 0 spiro atoms. The molecule has 2 aliphatic rings. The van der Waals surface area contributed by atoms with Crippen LogP contribution in [0.1, 0.15) is 12.5 Å². The minimum absolute atomic E-state index is 0.0880. The monoisotopic (exact) mass is 448 g/mol.